The van der Waals surface area contributed by atoms with E-state index in [1.807, 2.05) is 12.1 Å². The molecule has 2 atom stereocenters. The van der Waals surface area contributed by atoms with Crippen molar-refractivity contribution in [2.45, 2.75) is 19.4 Å². The van der Waals surface area contributed by atoms with E-state index in [2.05, 4.69) is 27.8 Å². The Kier molecular flexibility index (Phi) is 3.92. The maximum absolute atomic E-state index is 11.2. The van der Waals surface area contributed by atoms with Gasteiger partial charge in [0.2, 0.25) is 5.91 Å². The molecule has 4 N–H and O–H groups in total. The second-order valence-electron chi connectivity index (χ2n) is 4.87. The summed E-state index contributed by atoms with van der Waals surface area (Å²) in [7, 11) is 0. The molecule has 0 aliphatic carbocycles. The van der Waals surface area contributed by atoms with Gasteiger partial charge < -0.3 is 16.4 Å². The van der Waals surface area contributed by atoms with Crippen molar-refractivity contribution in [2.75, 3.05) is 18.0 Å². The van der Waals surface area contributed by atoms with Crippen LogP contribution in [0.4, 0.5) is 5.69 Å². The van der Waals surface area contributed by atoms with Gasteiger partial charge in [0.25, 0.3) is 0 Å². The lowest BCUT2D eigenvalue weighted by Crippen LogP contribution is -2.27. The first-order chi connectivity index (χ1) is 8.52. The summed E-state index contributed by atoms with van der Waals surface area (Å²) >= 11 is 3.39. The Morgan fingerprint density at radius 2 is 2.28 bits per heavy atom. The Bertz CT molecular complexity index is 464. The summed E-state index contributed by atoms with van der Waals surface area (Å²) in [6, 6.07) is 6.14. The van der Waals surface area contributed by atoms with Crippen LogP contribution in [-0.4, -0.2) is 25.0 Å². The van der Waals surface area contributed by atoms with Gasteiger partial charge in [0.05, 0.1) is 5.56 Å². The summed E-state index contributed by atoms with van der Waals surface area (Å²) in [5.41, 5.74) is 12.6. The van der Waals surface area contributed by atoms with Gasteiger partial charge in [-0.15, -0.1) is 0 Å². The minimum absolute atomic E-state index is 0.414. The average molecular weight is 312 g/mol. The number of carbonyl (C=O) groups is 1. The van der Waals surface area contributed by atoms with Crippen LogP contribution in [0.3, 0.4) is 0 Å². The Hall–Kier alpha value is -1.07. The molecule has 2 unspecified atom stereocenters. The lowest BCUT2D eigenvalue weighted by atomic mass is 10.1. The Balaban J connectivity index is 2.24. The fourth-order valence-corrected chi connectivity index (χ4v) is 3.12. The predicted molar refractivity (Wildman–Crippen MR) is 76.6 cm³/mol. The highest BCUT2D eigenvalue weighted by atomic mass is 79.9. The normalized spacial score (nSPS) is 23.4. The topological polar surface area (TPSA) is 72.3 Å². The van der Waals surface area contributed by atoms with Crippen LogP contribution in [0.5, 0.6) is 0 Å². The number of hydrogen-bond acceptors (Lipinski definition) is 3. The number of primary amides is 1. The SMILES string of the molecule is CC1CC(CN)CN1c1ccc(C(N)=O)c(Br)c1. The molecule has 5 heteroatoms. The van der Waals surface area contributed by atoms with Crippen LogP contribution >= 0.6 is 15.9 Å². The zero-order valence-corrected chi connectivity index (χ0v) is 12.0. The number of amides is 1. The number of rotatable bonds is 3. The average Bonchev–Trinajstić information content (AvgIpc) is 2.70. The molecule has 18 heavy (non-hydrogen) atoms. The molecule has 0 saturated carbocycles. The van der Waals surface area contributed by atoms with E-state index < -0.39 is 5.91 Å². The van der Waals surface area contributed by atoms with Crippen molar-refractivity contribution in [2.24, 2.45) is 17.4 Å². The third-order valence-corrected chi connectivity index (χ3v) is 4.20. The Morgan fingerprint density at radius 1 is 1.56 bits per heavy atom. The number of hydrogen-bond donors (Lipinski definition) is 2. The summed E-state index contributed by atoms with van der Waals surface area (Å²) in [4.78, 5) is 13.5. The molecule has 1 aromatic rings. The van der Waals surface area contributed by atoms with E-state index in [4.69, 9.17) is 11.5 Å². The molecule has 0 radical (unpaired) electrons. The molecule has 0 bridgehead atoms. The molecule has 1 heterocycles. The quantitative estimate of drug-likeness (QED) is 0.892. The first kappa shape index (κ1) is 13.4. The predicted octanol–water partition coefficient (Wildman–Crippen LogP) is 1.72. The fraction of sp³-hybridized carbons (Fsp3) is 0.462. The van der Waals surface area contributed by atoms with Crippen LogP contribution in [-0.2, 0) is 0 Å². The molecule has 2 rings (SSSR count). The van der Waals surface area contributed by atoms with Crippen LogP contribution in [0.15, 0.2) is 22.7 Å². The molecule has 1 aliphatic heterocycles. The second kappa shape index (κ2) is 5.28. The van der Waals surface area contributed by atoms with E-state index >= 15 is 0 Å². The number of benzene rings is 1. The van der Waals surface area contributed by atoms with Gasteiger partial charge in [-0.1, -0.05) is 0 Å². The van der Waals surface area contributed by atoms with Crippen LogP contribution in [0.1, 0.15) is 23.7 Å². The highest BCUT2D eigenvalue weighted by molar-refractivity contribution is 9.10. The molecule has 4 nitrogen and oxygen atoms in total. The molecule has 1 aromatic carbocycles. The smallest absolute Gasteiger partial charge is 0.249 e. The van der Waals surface area contributed by atoms with Crippen molar-refractivity contribution < 1.29 is 4.79 Å². The largest absolute Gasteiger partial charge is 0.368 e. The summed E-state index contributed by atoms with van der Waals surface area (Å²) in [5.74, 6) is 0.136. The van der Waals surface area contributed by atoms with Crippen LogP contribution in [0, 0.1) is 5.92 Å². The van der Waals surface area contributed by atoms with Crippen molar-refractivity contribution in [3.63, 3.8) is 0 Å². The maximum atomic E-state index is 11.2. The van der Waals surface area contributed by atoms with Gasteiger partial charge in [0.15, 0.2) is 0 Å². The third kappa shape index (κ3) is 2.52. The van der Waals surface area contributed by atoms with Crippen molar-refractivity contribution in [3.8, 4) is 0 Å². The van der Waals surface area contributed by atoms with E-state index in [0.717, 1.165) is 29.7 Å². The molecule has 0 aromatic heterocycles. The lowest BCUT2D eigenvalue weighted by Gasteiger charge is -2.24. The minimum Gasteiger partial charge on any atom is -0.368 e. The van der Waals surface area contributed by atoms with Crippen LogP contribution < -0.4 is 16.4 Å². The lowest BCUT2D eigenvalue weighted by molar-refractivity contribution is 0.0999. The van der Waals surface area contributed by atoms with E-state index in [0.29, 0.717) is 17.5 Å². The summed E-state index contributed by atoms with van der Waals surface area (Å²) in [6.45, 7) is 3.90. The van der Waals surface area contributed by atoms with E-state index in [1.165, 1.54) is 0 Å². The number of nitrogens with two attached hydrogens (primary N) is 2. The molecule has 1 fully saturated rings. The van der Waals surface area contributed by atoms with Gasteiger partial charge in [0, 0.05) is 22.7 Å². The second-order valence-corrected chi connectivity index (χ2v) is 5.72. The minimum atomic E-state index is -0.414. The Morgan fingerprint density at radius 3 is 2.78 bits per heavy atom. The van der Waals surface area contributed by atoms with Crippen molar-refractivity contribution in [1.29, 1.82) is 0 Å². The van der Waals surface area contributed by atoms with Gasteiger partial charge in [-0.05, 0) is 59.9 Å². The summed E-state index contributed by atoms with van der Waals surface area (Å²) < 4.78 is 0.746. The van der Waals surface area contributed by atoms with Crippen molar-refractivity contribution in [1.82, 2.24) is 0 Å². The zero-order valence-electron chi connectivity index (χ0n) is 10.4. The van der Waals surface area contributed by atoms with E-state index in [-0.39, 0.29) is 0 Å². The van der Waals surface area contributed by atoms with Gasteiger partial charge in [-0.25, -0.2) is 0 Å². The van der Waals surface area contributed by atoms with Gasteiger partial charge in [-0.3, -0.25) is 4.79 Å². The third-order valence-electron chi connectivity index (χ3n) is 3.54. The first-order valence-electron chi connectivity index (χ1n) is 6.09. The van der Waals surface area contributed by atoms with Crippen molar-refractivity contribution >= 4 is 27.5 Å². The molecular formula is C13H18BrN3O. The maximum Gasteiger partial charge on any atom is 0.249 e. The molecule has 0 spiro atoms. The van der Waals surface area contributed by atoms with Crippen LogP contribution in [0.2, 0.25) is 0 Å². The number of nitrogens with zero attached hydrogens (tertiary/aromatic N) is 1. The molecule has 1 saturated heterocycles. The van der Waals surface area contributed by atoms with Crippen molar-refractivity contribution in [3.05, 3.63) is 28.2 Å². The zero-order chi connectivity index (χ0) is 13.3. The monoisotopic (exact) mass is 311 g/mol. The highest BCUT2D eigenvalue weighted by Gasteiger charge is 2.28. The number of anilines is 1. The van der Waals surface area contributed by atoms with Gasteiger partial charge in [0.1, 0.15) is 0 Å². The summed E-state index contributed by atoms with van der Waals surface area (Å²) in [5, 5.41) is 0. The standard InChI is InChI=1S/C13H18BrN3O/c1-8-4-9(6-15)7-17(8)10-2-3-11(13(16)18)12(14)5-10/h2-3,5,8-9H,4,6-7,15H2,1H3,(H2,16,18). The fourth-order valence-electron chi connectivity index (χ4n) is 2.56. The molecular weight excluding hydrogens is 294 g/mol. The highest BCUT2D eigenvalue weighted by Crippen LogP contribution is 2.31. The van der Waals surface area contributed by atoms with E-state index in [9.17, 15) is 4.79 Å². The molecule has 1 aliphatic rings. The van der Waals surface area contributed by atoms with E-state index in [1.54, 1.807) is 6.07 Å². The summed E-state index contributed by atoms with van der Waals surface area (Å²) in [6.07, 6.45) is 1.12. The van der Waals surface area contributed by atoms with Gasteiger partial charge in [-0.2, -0.15) is 0 Å². The number of halogens is 1. The first-order valence-corrected chi connectivity index (χ1v) is 6.88. The van der Waals surface area contributed by atoms with Gasteiger partial charge >= 0.3 is 0 Å². The molecule has 1 amide bonds. The molecule has 98 valence electrons. The number of carbonyl (C=O) groups excluding carboxylic acids is 1. The Labute approximate surface area is 115 Å². The van der Waals surface area contributed by atoms with Crippen LogP contribution in [0.25, 0.3) is 0 Å².